The van der Waals surface area contributed by atoms with Crippen molar-refractivity contribution in [2.24, 2.45) is 5.10 Å². The number of carbonyl (C=O) groups excluding carboxylic acids is 1. The van der Waals surface area contributed by atoms with Crippen LogP contribution in [-0.2, 0) is 0 Å². The lowest BCUT2D eigenvalue weighted by molar-refractivity contribution is 0.0959. The van der Waals surface area contributed by atoms with E-state index in [-0.39, 0.29) is 5.91 Å². The van der Waals surface area contributed by atoms with E-state index in [0.717, 1.165) is 20.5 Å². The van der Waals surface area contributed by atoms with Gasteiger partial charge in [0.15, 0.2) is 0 Å². The zero-order chi connectivity index (χ0) is 14.8. The number of hydrogen-bond acceptors (Lipinski definition) is 4. The third-order valence-electron chi connectivity index (χ3n) is 2.89. The second-order valence-corrected chi connectivity index (χ2v) is 6.87. The van der Waals surface area contributed by atoms with Gasteiger partial charge in [0, 0.05) is 15.0 Å². The fourth-order valence-corrected chi connectivity index (χ4v) is 3.98. The monoisotopic (exact) mass is 334 g/mol. The van der Waals surface area contributed by atoms with E-state index in [2.05, 4.69) is 10.5 Å². The second kappa shape index (κ2) is 5.97. The van der Waals surface area contributed by atoms with Gasteiger partial charge >= 0.3 is 0 Å². The Hall–Kier alpha value is -1.69. The molecule has 0 atom stereocenters. The number of carbonyl (C=O) groups is 1. The average molecular weight is 335 g/mol. The van der Waals surface area contributed by atoms with Gasteiger partial charge in [0.25, 0.3) is 5.91 Å². The van der Waals surface area contributed by atoms with Gasteiger partial charge in [-0.1, -0.05) is 29.8 Å². The summed E-state index contributed by atoms with van der Waals surface area (Å²) < 4.78 is 1.01. The summed E-state index contributed by atoms with van der Waals surface area (Å²) >= 11 is 9.22. The third-order valence-corrected chi connectivity index (χ3v) is 5.36. The highest BCUT2D eigenvalue weighted by atomic mass is 35.5. The van der Waals surface area contributed by atoms with Gasteiger partial charge in [-0.3, -0.25) is 4.79 Å². The number of nitrogens with zero attached hydrogens (tertiary/aromatic N) is 1. The fourth-order valence-electron chi connectivity index (χ4n) is 1.89. The van der Waals surface area contributed by atoms with Gasteiger partial charge in [-0.2, -0.15) is 5.10 Å². The SMILES string of the molecule is Cc1ccc2c(Cl)c(C(=O)NN=Cc3cccs3)sc2c1. The Kier molecular flexibility index (Phi) is 4.05. The standard InChI is InChI=1S/C15H11ClN2OS2/c1-9-4-5-11-12(7-9)21-14(13(11)16)15(19)18-17-8-10-3-2-6-20-10/h2-8H,1H3,(H,18,19). The maximum atomic E-state index is 12.2. The molecule has 0 fully saturated rings. The molecule has 0 aliphatic carbocycles. The van der Waals surface area contributed by atoms with E-state index in [9.17, 15) is 4.79 Å². The van der Waals surface area contributed by atoms with E-state index in [4.69, 9.17) is 11.6 Å². The molecule has 2 aromatic heterocycles. The highest BCUT2D eigenvalue weighted by Crippen LogP contribution is 2.35. The largest absolute Gasteiger partial charge is 0.283 e. The van der Waals surface area contributed by atoms with Crippen LogP contribution in [0.1, 0.15) is 20.1 Å². The molecule has 3 aromatic rings. The smallest absolute Gasteiger partial charge is 0.266 e. The lowest BCUT2D eigenvalue weighted by Gasteiger charge is -1.96. The van der Waals surface area contributed by atoms with Crippen LogP contribution in [0.5, 0.6) is 0 Å². The molecule has 0 saturated heterocycles. The zero-order valence-electron chi connectivity index (χ0n) is 11.1. The summed E-state index contributed by atoms with van der Waals surface area (Å²) in [7, 11) is 0. The molecule has 0 unspecified atom stereocenters. The zero-order valence-corrected chi connectivity index (χ0v) is 13.5. The minimum atomic E-state index is -0.286. The number of hydrazone groups is 1. The van der Waals surface area contributed by atoms with E-state index in [1.807, 2.05) is 42.6 Å². The third kappa shape index (κ3) is 3.00. The molecule has 6 heteroatoms. The molecular weight excluding hydrogens is 324 g/mol. The lowest BCUT2D eigenvalue weighted by Crippen LogP contribution is -2.16. The molecule has 106 valence electrons. The first kappa shape index (κ1) is 14.3. The highest BCUT2D eigenvalue weighted by Gasteiger charge is 2.16. The Morgan fingerprint density at radius 3 is 3.00 bits per heavy atom. The van der Waals surface area contributed by atoms with Crippen molar-refractivity contribution in [3.05, 3.63) is 56.1 Å². The van der Waals surface area contributed by atoms with Crippen LogP contribution in [0.4, 0.5) is 0 Å². The minimum absolute atomic E-state index is 0.286. The van der Waals surface area contributed by atoms with Crippen molar-refractivity contribution >= 4 is 56.5 Å². The Morgan fingerprint density at radius 2 is 2.24 bits per heavy atom. The Bertz CT molecular complexity index is 822. The topological polar surface area (TPSA) is 41.5 Å². The first-order chi connectivity index (χ1) is 10.1. The van der Waals surface area contributed by atoms with Crippen molar-refractivity contribution in [1.29, 1.82) is 0 Å². The molecule has 1 N–H and O–H groups in total. The molecule has 0 aliphatic heterocycles. The number of thiophene rings is 2. The number of hydrogen-bond donors (Lipinski definition) is 1. The molecule has 0 radical (unpaired) electrons. The fraction of sp³-hybridized carbons (Fsp3) is 0.0667. The maximum Gasteiger partial charge on any atom is 0.283 e. The summed E-state index contributed by atoms with van der Waals surface area (Å²) in [6.45, 7) is 2.01. The number of rotatable bonds is 3. The van der Waals surface area contributed by atoms with Gasteiger partial charge in [0.1, 0.15) is 4.88 Å². The predicted octanol–water partition coefficient (Wildman–Crippen LogP) is 4.69. The number of amides is 1. The number of nitrogens with one attached hydrogen (secondary N) is 1. The van der Waals surface area contributed by atoms with E-state index in [0.29, 0.717) is 9.90 Å². The number of halogens is 1. The van der Waals surface area contributed by atoms with Gasteiger partial charge in [0.2, 0.25) is 0 Å². The quantitative estimate of drug-likeness (QED) is 0.548. The lowest BCUT2D eigenvalue weighted by atomic mass is 10.2. The van der Waals surface area contributed by atoms with Crippen molar-refractivity contribution in [1.82, 2.24) is 5.43 Å². The number of aryl methyl sites for hydroxylation is 1. The molecule has 0 bridgehead atoms. The maximum absolute atomic E-state index is 12.2. The number of fused-ring (bicyclic) bond motifs is 1. The summed E-state index contributed by atoms with van der Waals surface area (Å²) in [5, 5.41) is 7.29. The molecule has 0 saturated carbocycles. The Morgan fingerprint density at radius 1 is 1.38 bits per heavy atom. The van der Waals surface area contributed by atoms with E-state index < -0.39 is 0 Å². The molecule has 1 amide bonds. The van der Waals surface area contributed by atoms with Gasteiger partial charge < -0.3 is 0 Å². The molecule has 0 spiro atoms. The second-order valence-electron chi connectivity index (χ2n) is 4.46. The van der Waals surface area contributed by atoms with Crippen LogP contribution in [0.3, 0.4) is 0 Å². The Labute approximate surface area is 134 Å². The van der Waals surface area contributed by atoms with Gasteiger partial charge in [-0.25, -0.2) is 5.43 Å². The van der Waals surface area contributed by atoms with Crippen molar-refractivity contribution in [2.75, 3.05) is 0 Å². The van der Waals surface area contributed by atoms with Crippen molar-refractivity contribution in [3.63, 3.8) is 0 Å². The molecule has 21 heavy (non-hydrogen) atoms. The van der Waals surface area contributed by atoms with Crippen LogP contribution in [0, 0.1) is 6.92 Å². The van der Waals surface area contributed by atoms with Crippen molar-refractivity contribution < 1.29 is 4.79 Å². The van der Waals surface area contributed by atoms with Crippen LogP contribution in [0.2, 0.25) is 5.02 Å². The van der Waals surface area contributed by atoms with Crippen molar-refractivity contribution in [2.45, 2.75) is 6.92 Å². The average Bonchev–Trinajstić information content (AvgIpc) is 3.07. The summed E-state index contributed by atoms with van der Waals surface area (Å²) in [6, 6.07) is 9.80. The molecule has 2 heterocycles. The molecular formula is C15H11ClN2OS2. The van der Waals surface area contributed by atoms with Crippen LogP contribution in [0.25, 0.3) is 10.1 Å². The van der Waals surface area contributed by atoms with Crippen LogP contribution in [0.15, 0.2) is 40.8 Å². The van der Waals surface area contributed by atoms with E-state index in [1.165, 1.54) is 11.3 Å². The minimum Gasteiger partial charge on any atom is -0.266 e. The van der Waals surface area contributed by atoms with E-state index in [1.54, 1.807) is 17.6 Å². The summed E-state index contributed by atoms with van der Waals surface area (Å²) in [6.07, 6.45) is 1.62. The van der Waals surface area contributed by atoms with Gasteiger partial charge in [0.05, 0.1) is 11.2 Å². The van der Waals surface area contributed by atoms with Crippen LogP contribution >= 0.6 is 34.3 Å². The molecule has 3 rings (SSSR count). The summed E-state index contributed by atoms with van der Waals surface area (Å²) in [5.74, 6) is -0.286. The molecule has 3 nitrogen and oxygen atoms in total. The molecule has 1 aromatic carbocycles. The van der Waals surface area contributed by atoms with Gasteiger partial charge in [-0.15, -0.1) is 22.7 Å². The number of benzene rings is 1. The summed E-state index contributed by atoms with van der Waals surface area (Å²) in [4.78, 5) is 13.6. The first-order valence-corrected chi connectivity index (χ1v) is 8.28. The van der Waals surface area contributed by atoms with Crippen LogP contribution < -0.4 is 5.43 Å². The highest BCUT2D eigenvalue weighted by molar-refractivity contribution is 7.21. The Balaban J connectivity index is 1.83. The summed E-state index contributed by atoms with van der Waals surface area (Å²) in [5.41, 5.74) is 3.66. The predicted molar refractivity (Wildman–Crippen MR) is 91.0 cm³/mol. The van der Waals surface area contributed by atoms with Crippen molar-refractivity contribution in [3.8, 4) is 0 Å². The molecule has 0 aliphatic rings. The van der Waals surface area contributed by atoms with E-state index >= 15 is 0 Å². The normalized spacial score (nSPS) is 11.3. The van der Waals surface area contributed by atoms with Crippen LogP contribution in [-0.4, -0.2) is 12.1 Å². The van der Waals surface area contributed by atoms with Gasteiger partial charge in [-0.05, 0) is 30.0 Å². The first-order valence-electron chi connectivity index (χ1n) is 6.21.